The molecule has 0 radical (unpaired) electrons. The molecule has 0 aromatic carbocycles. The van der Waals surface area contributed by atoms with Crippen molar-refractivity contribution in [2.24, 2.45) is 11.8 Å². The molecule has 336 valence electrons. The SMILES string of the molecule is OC1CCCN(c2cc(Nc3cnc(C4CC4C4CC4c4cnc(Nc5cc(N6CCNCC6)cc(N6CCC(F)(F)C6)n5)cc4C(F)(F)F)cn3)nc(N3CCC(F)(F)C3)c2)C1. The molecule has 6 aliphatic rings. The van der Waals surface area contributed by atoms with Gasteiger partial charge in [-0.2, -0.15) is 13.2 Å². The normalized spacial score (nSPS) is 26.6. The van der Waals surface area contributed by atoms with Gasteiger partial charge in [0.25, 0.3) is 11.8 Å². The van der Waals surface area contributed by atoms with Crippen LogP contribution in [0, 0.1) is 11.8 Å². The van der Waals surface area contributed by atoms with Gasteiger partial charge in [-0.15, -0.1) is 0 Å². The number of piperidine rings is 1. The zero-order valence-corrected chi connectivity index (χ0v) is 34.4. The zero-order valence-electron chi connectivity index (χ0n) is 34.4. The van der Waals surface area contributed by atoms with E-state index in [-0.39, 0.29) is 66.8 Å². The summed E-state index contributed by atoms with van der Waals surface area (Å²) in [5.41, 5.74) is 1.60. The summed E-state index contributed by atoms with van der Waals surface area (Å²) in [5, 5.41) is 19.7. The summed E-state index contributed by atoms with van der Waals surface area (Å²) in [4.78, 5) is 30.0. The number of alkyl halides is 7. The molecular formula is C43H49F7N12O. The molecule has 20 heteroatoms. The molecule has 0 amide bonds. The third-order valence-corrected chi connectivity index (χ3v) is 13.3. The first-order valence-corrected chi connectivity index (χ1v) is 21.7. The van der Waals surface area contributed by atoms with E-state index in [0.29, 0.717) is 62.3 Å². The number of pyridine rings is 3. The standard InChI is InChI=1S/C43H49F7N12O/c44-41(45)3-8-61(23-41)39-14-25(59-10-5-51-6-11-59)12-36(57-39)55-35-18-33(43(48,49)50)32(19-53-35)30-16-28(30)29-17-31(29)34-20-54-38(21-52-34)56-37-13-26(60-7-1-2-27(63)22-60)15-40(58-37)62-9-4-42(46,47)24-62/h12-15,18-21,27-31,51,63H,1-11,16-17,22-24H2,(H,53,55,57)(H,54,56,58). The largest absolute Gasteiger partial charge is 0.416 e. The summed E-state index contributed by atoms with van der Waals surface area (Å²) in [7, 11) is 0. The third-order valence-electron chi connectivity index (χ3n) is 13.3. The fourth-order valence-corrected chi connectivity index (χ4v) is 9.80. The maximum absolute atomic E-state index is 14.7. The van der Waals surface area contributed by atoms with Crippen molar-refractivity contribution in [3.8, 4) is 0 Å². The molecule has 4 aromatic rings. The summed E-state index contributed by atoms with van der Waals surface area (Å²) in [6.45, 7) is 3.33. The predicted molar refractivity (Wildman–Crippen MR) is 224 cm³/mol. The highest BCUT2D eigenvalue weighted by Crippen LogP contribution is 2.65. The van der Waals surface area contributed by atoms with Gasteiger partial charge in [-0.3, -0.25) is 4.98 Å². The molecule has 5 atom stereocenters. The molecule has 4 aromatic heterocycles. The first kappa shape index (κ1) is 41.8. The summed E-state index contributed by atoms with van der Waals surface area (Å²) < 4.78 is 101. The Morgan fingerprint density at radius 1 is 0.651 bits per heavy atom. The highest BCUT2D eigenvalue weighted by Gasteiger charge is 2.56. The highest BCUT2D eigenvalue weighted by atomic mass is 19.4. The monoisotopic (exact) mass is 882 g/mol. The van der Waals surface area contributed by atoms with Crippen molar-refractivity contribution >= 4 is 46.3 Å². The van der Waals surface area contributed by atoms with Gasteiger partial charge >= 0.3 is 6.18 Å². The van der Waals surface area contributed by atoms with Gasteiger partial charge in [0.15, 0.2) is 0 Å². The predicted octanol–water partition coefficient (Wildman–Crippen LogP) is 7.14. The van der Waals surface area contributed by atoms with E-state index in [0.717, 1.165) is 49.1 Å². The Morgan fingerprint density at radius 3 is 1.84 bits per heavy atom. The molecule has 13 nitrogen and oxygen atoms in total. The van der Waals surface area contributed by atoms with E-state index in [1.165, 1.54) is 11.1 Å². The number of aliphatic hydroxyl groups is 1. The number of piperazine rings is 1. The number of nitrogens with zero attached hydrogens (tertiary/aromatic N) is 9. The van der Waals surface area contributed by atoms with Crippen molar-refractivity contribution in [2.45, 2.75) is 74.5 Å². The fraction of sp³-hybridized carbons (Fsp3) is 0.558. The van der Waals surface area contributed by atoms with E-state index in [2.05, 4.69) is 45.8 Å². The average molecular weight is 883 g/mol. The van der Waals surface area contributed by atoms with Gasteiger partial charge in [-0.1, -0.05) is 0 Å². The average Bonchev–Trinajstić information content (AvgIpc) is 4.16. The van der Waals surface area contributed by atoms with E-state index < -0.39 is 42.8 Å². The lowest BCUT2D eigenvalue weighted by Crippen LogP contribution is -2.43. The Labute approximate surface area is 359 Å². The molecule has 10 rings (SSSR count). The van der Waals surface area contributed by atoms with Crippen molar-refractivity contribution in [1.29, 1.82) is 0 Å². The second kappa shape index (κ2) is 16.1. The number of nitrogens with one attached hydrogen (secondary N) is 3. The molecule has 63 heavy (non-hydrogen) atoms. The Kier molecular flexibility index (Phi) is 10.7. The van der Waals surface area contributed by atoms with Crippen LogP contribution in [0.2, 0.25) is 0 Å². The van der Waals surface area contributed by atoms with Gasteiger partial charge < -0.3 is 40.7 Å². The number of hydrogen-bond donors (Lipinski definition) is 4. The van der Waals surface area contributed by atoms with Crippen LogP contribution < -0.4 is 35.6 Å². The molecule has 8 heterocycles. The molecule has 6 fully saturated rings. The van der Waals surface area contributed by atoms with Crippen LogP contribution in [0.15, 0.2) is 48.9 Å². The van der Waals surface area contributed by atoms with E-state index in [1.807, 2.05) is 11.0 Å². The van der Waals surface area contributed by atoms with Crippen LogP contribution in [-0.2, 0) is 6.18 Å². The van der Waals surface area contributed by atoms with Gasteiger partial charge in [-0.05, 0) is 55.1 Å². The summed E-state index contributed by atoms with van der Waals surface area (Å²) >= 11 is 0. The second-order valence-electron chi connectivity index (χ2n) is 17.9. The lowest BCUT2D eigenvalue weighted by molar-refractivity contribution is -0.138. The minimum atomic E-state index is -4.65. The molecular weight excluding hydrogens is 834 g/mol. The van der Waals surface area contributed by atoms with Gasteiger partial charge in [0, 0.05) is 113 Å². The topological polar surface area (TPSA) is 134 Å². The van der Waals surface area contributed by atoms with Gasteiger partial charge in [0.1, 0.15) is 34.9 Å². The van der Waals surface area contributed by atoms with Crippen LogP contribution in [0.4, 0.5) is 77.0 Å². The van der Waals surface area contributed by atoms with Crippen LogP contribution in [0.5, 0.6) is 0 Å². The smallest absolute Gasteiger partial charge is 0.391 e. The summed E-state index contributed by atoms with van der Waals surface area (Å²) in [6, 6.07) is 8.07. The van der Waals surface area contributed by atoms with Crippen LogP contribution in [-0.4, -0.2) is 113 Å². The van der Waals surface area contributed by atoms with Crippen LogP contribution in [0.25, 0.3) is 0 Å². The minimum Gasteiger partial charge on any atom is -0.391 e. The number of halogens is 7. The lowest BCUT2D eigenvalue weighted by Gasteiger charge is -2.33. The van der Waals surface area contributed by atoms with Crippen molar-refractivity contribution in [2.75, 3.05) is 95.7 Å². The number of β-amino-alcohol motifs (C(OH)–C–C–N with tert-alkyl or cyclic N) is 1. The van der Waals surface area contributed by atoms with E-state index in [1.54, 1.807) is 35.5 Å². The Morgan fingerprint density at radius 2 is 1.25 bits per heavy atom. The van der Waals surface area contributed by atoms with Crippen molar-refractivity contribution in [3.63, 3.8) is 0 Å². The molecule has 0 spiro atoms. The zero-order chi connectivity index (χ0) is 43.7. The number of aromatic nitrogens is 5. The summed E-state index contributed by atoms with van der Waals surface area (Å²) in [6.07, 6.45) is 1.69. The molecule has 0 bridgehead atoms. The molecule has 4 saturated heterocycles. The molecule has 2 saturated carbocycles. The van der Waals surface area contributed by atoms with Crippen LogP contribution in [0.3, 0.4) is 0 Å². The van der Waals surface area contributed by atoms with Crippen molar-refractivity contribution in [1.82, 2.24) is 30.2 Å². The molecule has 5 unspecified atom stereocenters. The van der Waals surface area contributed by atoms with Crippen LogP contribution >= 0.6 is 0 Å². The van der Waals surface area contributed by atoms with Gasteiger partial charge in [0.05, 0.1) is 42.8 Å². The van der Waals surface area contributed by atoms with Crippen molar-refractivity contribution < 1.29 is 35.8 Å². The van der Waals surface area contributed by atoms with Crippen LogP contribution in [0.1, 0.15) is 67.2 Å². The third kappa shape index (κ3) is 9.23. The first-order valence-electron chi connectivity index (χ1n) is 21.7. The molecule has 4 aliphatic heterocycles. The molecule has 4 N–H and O–H groups in total. The maximum atomic E-state index is 14.7. The number of rotatable bonds is 11. The lowest BCUT2D eigenvalue weighted by atomic mass is 10.0. The van der Waals surface area contributed by atoms with Gasteiger partial charge in [-0.25, -0.2) is 37.5 Å². The second-order valence-corrected chi connectivity index (χ2v) is 17.9. The maximum Gasteiger partial charge on any atom is 0.416 e. The van der Waals surface area contributed by atoms with E-state index in [9.17, 15) is 35.8 Å². The van der Waals surface area contributed by atoms with E-state index >= 15 is 0 Å². The Bertz CT molecular complexity index is 2290. The highest BCUT2D eigenvalue weighted by molar-refractivity contribution is 5.68. The summed E-state index contributed by atoms with van der Waals surface area (Å²) in [5.74, 6) is -4.08. The van der Waals surface area contributed by atoms with Gasteiger partial charge in [0.2, 0.25) is 0 Å². The Balaban J connectivity index is 0.817. The van der Waals surface area contributed by atoms with E-state index in [4.69, 9.17) is 0 Å². The number of aliphatic hydroxyl groups excluding tert-OH is 1. The first-order chi connectivity index (χ1) is 30.1. The quantitative estimate of drug-likeness (QED) is 0.114. The molecule has 2 aliphatic carbocycles. The van der Waals surface area contributed by atoms with Crippen molar-refractivity contribution in [3.05, 3.63) is 65.7 Å². The Hall–Kier alpha value is -5.24. The fourth-order valence-electron chi connectivity index (χ4n) is 9.80. The minimum absolute atomic E-state index is 0.0199. The number of anilines is 8. The number of hydrogen-bond acceptors (Lipinski definition) is 13.